The van der Waals surface area contributed by atoms with Crippen LogP contribution < -0.4 is 0 Å². The average molecular weight is 353 g/mol. The number of nitrogens with zero attached hydrogens (tertiary/aromatic N) is 1. The van der Waals surface area contributed by atoms with E-state index in [4.69, 9.17) is 0 Å². The van der Waals surface area contributed by atoms with Crippen molar-refractivity contribution in [3.63, 3.8) is 0 Å². The molecule has 1 heterocycles. The van der Waals surface area contributed by atoms with Crippen molar-refractivity contribution in [2.45, 2.75) is 24.9 Å². The molecular formula is C25H23NO. The Morgan fingerprint density at radius 1 is 0.889 bits per heavy atom. The molecule has 3 aromatic carbocycles. The predicted molar refractivity (Wildman–Crippen MR) is 109 cm³/mol. The van der Waals surface area contributed by atoms with Crippen LogP contribution in [0.4, 0.5) is 0 Å². The second-order valence-electron chi connectivity index (χ2n) is 7.07. The normalized spacial score (nSPS) is 18.8. The molecule has 2 heteroatoms. The van der Waals surface area contributed by atoms with Gasteiger partial charge in [0.25, 0.3) is 0 Å². The topological polar surface area (TPSA) is 20.3 Å². The fourth-order valence-electron chi connectivity index (χ4n) is 4.20. The Labute approximate surface area is 160 Å². The smallest absolute Gasteiger partial charge is 0.238 e. The van der Waals surface area contributed by atoms with Crippen molar-refractivity contribution in [2.24, 2.45) is 0 Å². The SMILES string of the molecule is C=CCC1(c2ccccc2)C(=O)N(Cc2ccccc2)Cc2ccccc21. The summed E-state index contributed by atoms with van der Waals surface area (Å²) in [4.78, 5) is 15.9. The molecule has 3 aromatic rings. The third-order valence-corrected chi connectivity index (χ3v) is 5.42. The monoisotopic (exact) mass is 353 g/mol. The van der Waals surface area contributed by atoms with E-state index in [0.717, 1.165) is 16.7 Å². The van der Waals surface area contributed by atoms with E-state index in [9.17, 15) is 4.79 Å². The number of carbonyl (C=O) groups is 1. The lowest BCUT2D eigenvalue weighted by Gasteiger charge is -2.43. The van der Waals surface area contributed by atoms with E-state index in [1.807, 2.05) is 53.4 Å². The summed E-state index contributed by atoms with van der Waals surface area (Å²) in [6.45, 7) is 5.22. The summed E-state index contributed by atoms with van der Waals surface area (Å²) in [5.41, 5.74) is 3.77. The summed E-state index contributed by atoms with van der Waals surface area (Å²) >= 11 is 0. The molecule has 1 atom stereocenters. The molecule has 0 spiro atoms. The number of allylic oxidation sites excluding steroid dienone is 1. The standard InChI is InChI=1S/C25H23NO/c1-2-17-25(22-14-7-4-8-15-22)23-16-10-9-13-21(23)19-26(24(25)27)18-20-11-5-3-6-12-20/h2-16H,1,17-19H2. The number of amides is 1. The van der Waals surface area contributed by atoms with Crippen molar-refractivity contribution in [1.29, 1.82) is 0 Å². The summed E-state index contributed by atoms with van der Waals surface area (Å²) in [5, 5.41) is 0. The Bertz CT molecular complexity index is 948. The van der Waals surface area contributed by atoms with Crippen LogP contribution in [0.15, 0.2) is 97.6 Å². The Hall–Kier alpha value is -3.13. The molecule has 0 aliphatic carbocycles. The molecule has 134 valence electrons. The molecule has 0 radical (unpaired) electrons. The molecular weight excluding hydrogens is 330 g/mol. The van der Waals surface area contributed by atoms with Gasteiger partial charge in [-0.3, -0.25) is 4.79 Å². The minimum Gasteiger partial charge on any atom is -0.333 e. The Morgan fingerprint density at radius 3 is 2.22 bits per heavy atom. The molecule has 0 fully saturated rings. The summed E-state index contributed by atoms with van der Waals surface area (Å²) in [7, 11) is 0. The summed E-state index contributed by atoms with van der Waals surface area (Å²) in [6.07, 6.45) is 2.45. The van der Waals surface area contributed by atoms with E-state index in [1.54, 1.807) is 0 Å². The molecule has 0 aromatic heterocycles. The van der Waals surface area contributed by atoms with Gasteiger partial charge in [0, 0.05) is 13.1 Å². The van der Waals surface area contributed by atoms with Gasteiger partial charge in [0.05, 0.1) is 0 Å². The van der Waals surface area contributed by atoms with Gasteiger partial charge in [-0.2, -0.15) is 0 Å². The van der Waals surface area contributed by atoms with Crippen LogP contribution in [-0.2, 0) is 23.3 Å². The summed E-state index contributed by atoms with van der Waals surface area (Å²) in [6, 6.07) is 28.6. The van der Waals surface area contributed by atoms with Crippen molar-refractivity contribution in [3.05, 3.63) is 120 Å². The molecule has 4 rings (SSSR count). The highest BCUT2D eigenvalue weighted by atomic mass is 16.2. The molecule has 1 aliphatic heterocycles. The molecule has 0 saturated carbocycles. The van der Waals surface area contributed by atoms with Crippen LogP contribution >= 0.6 is 0 Å². The number of fused-ring (bicyclic) bond motifs is 1. The highest BCUT2D eigenvalue weighted by molar-refractivity contribution is 5.94. The quantitative estimate of drug-likeness (QED) is 0.585. The second-order valence-corrected chi connectivity index (χ2v) is 7.07. The fourth-order valence-corrected chi connectivity index (χ4v) is 4.20. The van der Waals surface area contributed by atoms with Crippen LogP contribution in [0.5, 0.6) is 0 Å². The van der Waals surface area contributed by atoms with Crippen LogP contribution in [0.3, 0.4) is 0 Å². The number of rotatable bonds is 5. The van der Waals surface area contributed by atoms with E-state index >= 15 is 0 Å². The van der Waals surface area contributed by atoms with Crippen molar-refractivity contribution >= 4 is 5.91 Å². The molecule has 27 heavy (non-hydrogen) atoms. The zero-order valence-electron chi connectivity index (χ0n) is 15.3. The minimum atomic E-state index is -0.716. The lowest BCUT2D eigenvalue weighted by Crippen LogP contribution is -2.51. The number of benzene rings is 3. The van der Waals surface area contributed by atoms with E-state index in [0.29, 0.717) is 19.5 Å². The van der Waals surface area contributed by atoms with Crippen molar-refractivity contribution in [1.82, 2.24) is 4.90 Å². The minimum absolute atomic E-state index is 0.149. The maximum atomic E-state index is 13.9. The molecule has 0 saturated heterocycles. The van der Waals surface area contributed by atoms with Crippen LogP contribution in [0.25, 0.3) is 0 Å². The van der Waals surface area contributed by atoms with Gasteiger partial charge >= 0.3 is 0 Å². The predicted octanol–water partition coefficient (Wildman–Crippen LogP) is 5.09. The van der Waals surface area contributed by atoms with Crippen molar-refractivity contribution < 1.29 is 4.79 Å². The second kappa shape index (κ2) is 7.24. The Kier molecular flexibility index (Phi) is 4.64. The summed E-state index contributed by atoms with van der Waals surface area (Å²) in [5.74, 6) is 0.149. The van der Waals surface area contributed by atoms with E-state index in [2.05, 4.69) is 49.0 Å². The molecule has 1 amide bonds. The van der Waals surface area contributed by atoms with Crippen molar-refractivity contribution in [2.75, 3.05) is 0 Å². The van der Waals surface area contributed by atoms with Gasteiger partial charge in [0.2, 0.25) is 5.91 Å². The molecule has 0 bridgehead atoms. The maximum absolute atomic E-state index is 13.9. The van der Waals surface area contributed by atoms with Gasteiger partial charge in [-0.1, -0.05) is 91.0 Å². The molecule has 1 unspecified atom stereocenters. The maximum Gasteiger partial charge on any atom is 0.238 e. The number of hydrogen-bond donors (Lipinski definition) is 0. The largest absolute Gasteiger partial charge is 0.333 e. The first-order chi connectivity index (χ1) is 13.3. The third kappa shape index (κ3) is 2.97. The molecule has 2 nitrogen and oxygen atoms in total. The van der Waals surface area contributed by atoms with Gasteiger partial charge in [-0.05, 0) is 28.7 Å². The highest BCUT2D eigenvalue weighted by Crippen LogP contribution is 2.43. The number of carbonyl (C=O) groups excluding carboxylic acids is 1. The first-order valence-corrected chi connectivity index (χ1v) is 9.34. The van der Waals surface area contributed by atoms with Crippen LogP contribution in [0, 0.1) is 0 Å². The van der Waals surface area contributed by atoms with E-state index in [-0.39, 0.29) is 5.91 Å². The summed E-state index contributed by atoms with van der Waals surface area (Å²) < 4.78 is 0. The fraction of sp³-hybridized carbons (Fsp3) is 0.160. The van der Waals surface area contributed by atoms with Crippen LogP contribution in [0.2, 0.25) is 0 Å². The third-order valence-electron chi connectivity index (χ3n) is 5.42. The van der Waals surface area contributed by atoms with Crippen LogP contribution in [0.1, 0.15) is 28.7 Å². The van der Waals surface area contributed by atoms with Gasteiger partial charge in [-0.25, -0.2) is 0 Å². The Balaban J connectivity index is 1.87. The zero-order valence-corrected chi connectivity index (χ0v) is 15.3. The number of hydrogen-bond acceptors (Lipinski definition) is 1. The van der Waals surface area contributed by atoms with Gasteiger partial charge in [-0.15, -0.1) is 6.58 Å². The van der Waals surface area contributed by atoms with Gasteiger partial charge < -0.3 is 4.90 Å². The highest BCUT2D eigenvalue weighted by Gasteiger charge is 2.47. The lowest BCUT2D eigenvalue weighted by atomic mass is 9.67. The first-order valence-electron chi connectivity index (χ1n) is 9.34. The van der Waals surface area contributed by atoms with Crippen LogP contribution in [-0.4, -0.2) is 10.8 Å². The molecule has 1 aliphatic rings. The van der Waals surface area contributed by atoms with Crippen molar-refractivity contribution in [3.8, 4) is 0 Å². The Morgan fingerprint density at radius 2 is 1.52 bits per heavy atom. The van der Waals surface area contributed by atoms with Gasteiger partial charge in [0.1, 0.15) is 5.41 Å². The van der Waals surface area contributed by atoms with Gasteiger partial charge in [0.15, 0.2) is 0 Å². The lowest BCUT2D eigenvalue weighted by molar-refractivity contribution is -0.138. The first kappa shape index (κ1) is 17.3. The molecule has 0 N–H and O–H groups in total. The zero-order chi connectivity index (χ0) is 18.7. The van der Waals surface area contributed by atoms with E-state index < -0.39 is 5.41 Å². The van der Waals surface area contributed by atoms with E-state index in [1.165, 1.54) is 5.56 Å². The average Bonchev–Trinajstić information content (AvgIpc) is 2.72.